The molecule has 0 aliphatic rings. The highest BCUT2D eigenvalue weighted by atomic mass is 16.6. The van der Waals surface area contributed by atoms with E-state index in [1.165, 1.54) is 6.34 Å². The van der Waals surface area contributed by atoms with Gasteiger partial charge in [0.1, 0.15) is 0 Å². The molecule has 0 saturated carbocycles. The zero-order valence-corrected chi connectivity index (χ0v) is 10.5. The van der Waals surface area contributed by atoms with Crippen LogP contribution in [-0.2, 0) is 0 Å². The molecule has 19 heavy (non-hydrogen) atoms. The fraction of sp³-hybridized carbons (Fsp3) is 0.167. The molecule has 2 aromatic rings. The summed E-state index contributed by atoms with van der Waals surface area (Å²) in [6.45, 7) is 0. The second-order valence-electron chi connectivity index (χ2n) is 3.97. The van der Waals surface area contributed by atoms with Crippen molar-refractivity contribution in [1.82, 2.24) is 10.2 Å². The summed E-state index contributed by atoms with van der Waals surface area (Å²) in [4.78, 5) is 17.1. The van der Waals surface area contributed by atoms with E-state index in [1.807, 2.05) is 6.07 Å². The molecule has 0 radical (unpaired) electrons. The van der Waals surface area contributed by atoms with Gasteiger partial charge < -0.3 is 14.5 Å². The van der Waals surface area contributed by atoms with Gasteiger partial charge in [0.05, 0.1) is 11.6 Å². The molecule has 1 heterocycles. The quantitative estimate of drug-likeness (QED) is 0.432. The minimum absolute atomic E-state index is 0.232. The molecule has 0 bridgehead atoms. The Kier molecular flexibility index (Phi) is 3.56. The largest absolute Gasteiger partial charge is 0.538 e. The van der Waals surface area contributed by atoms with Crippen molar-refractivity contribution in [1.29, 1.82) is 0 Å². The third kappa shape index (κ3) is 2.76. The second kappa shape index (κ2) is 5.30. The van der Waals surface area contributed by atoms with Crippen LogP contribution in [0, 0.1) is 0 Å². The number of hydrogen-bond donors (Lipinski definition) is 0. The predicted molar refractivity (Wildman–Crippen MR) is 64.0 cm³/mol. The fourth-order valence-electron chi connectivity index (χ4n) is 1.40. The van der Waals surface area contributed by atoms with E-state index >= 15 is 0 Å². The van der Waals surface area contributed by atoms with E-state index in [-0.39, 0.29) is 5.69 Å². The Bertz CT molecular complexity index is 605. The van der Waals surface area contributed by atoms with Gasteiger partial charge in [-0.3, -0.25) is 4.79 Å². The molecule has 7 heteroatoms. The molecule has 0 saturated heterocycles. The molecule has 98 valence electrons. The van der Waals surface area contributed by atoms with Crippen LogP contribution in [0.2, 0.25) is 0 Å². The van der Waals surface area contributed by atoms with Crippen LogP contribution in [0.25, 0.3) is 5.69 Å². The van der Waals surface area contributed by atoms with Crippen molar-refractivity contribution in [2.24, 2.45) is 4.99 Å². The molecular weight excluding hydrogens is 248 g/mol. The van der Waals surface area contributed by atoms with E-state index in [1.54, 1.807) is 43.3 Å². The first-order valence-corrected chi connectivity index (χ1v) is 5.49. The monoisotopic (exact) mass is 260 g/mol. The number of aliphatic imine (C=N–C) groups is 1. The van der Waals surface area contributed by atoms with Crippen LogP contribution in [0.4, 0.5) is 0 Å². The molecule has 0 atom stereocenters. The molecule has 0 N–H and O–H groups in total. The number of amides is 1. The molecule has 0 unspecified atom stereocenters. The molecular formula is C12H12N4O3. The first-order valence-electron chi connectivity index (χ1n) is 5.49. The second-order valence-corrected chi connectivity index (χ2v) is 3.97. The summed E-state index contributed by atoms with van der Waals surface area (Å²) in [5, 5.41) is 15.1. The molecule has 1 aromatic carbocycles. The molecule has 1 aromatic heterocycles. The van der Waals surface area contributed by atoms with E-state index in [9.17, 15) is 9.90 Å². The summed E-state index contributed by atoms with van der Waals surface area (Å²) >= 11 is 0. The Morgan fingerprint density at radius 3 is 2.74 bits per heavy atom. The first kappa shape index (κ1) is 12.7. The van der Waals surface area contributed by atoms with Gasteiger partial charge in [-0.05, 0) is 4.68 Å². The van der Waals surface area contributed by atoms with Crippen LogP contribution < -0.4 is 9.79 Å². The van der Waals surface area contributed by atoms with Gasteiger partial charge in [-0.2, -0.15) is 4.99 Å². The number of carbonyl (C=O) groups excluding carboxylic acids is 1. The zero-order chi connectivity index (χ0) is 13.8. The topological polar surface area (TPSA) is 85.6 Å². The summed E-state index contributed by atoms with van der Waals surface area (Å²) in [6.07, 6.45) is 1.31. The number of aromatic nitrogens is 2. The normalized spacial score (nSPS) is 10.8. The van der Waals surface area contributed by atoms with E-state index in [0.29, 0.717) is 5.69 Å². The van der Waals surface area contributed by atoms with E-state index in [4.69, 9.17) is 0 Å². The Morgan fingerprint density at radius 1 is 1.42 bits per heavy atom. The standard InChI is InChI=1S/C12H12N4O3/c1-15(2)8-13-11(17)10-12(18)19-14-16(10)9-6-4-3-5-7-9/h3-8H,1-2H3. The van der Waals surface area contributed by atoms with Crippen molar-refractivity contribution in [2.45, 2.75) is 0 Å². The van der Waals surface area contributed by atoms with Crippen LogP contribution >= 0.6 is 0 Å². The number of carbonyl (C=O) groups is 1. The van der Waals surface area contributed by atoms with Gasteiger partial charge in [0, 0.05) is 26.2 Å². The highest BCUT2D eigenvalue weighted by Crippen LogP contribution is 2.11. The molecule has 7 nitrogen and oxygen atoms in total. The van der Waals surface area contributed by atoms with Crippen LogP contribution in [0.5, 0.6) is 5.95 Å². The lowest BCUT2D eigenvalue weighted by molar-refractivity contribution is -0.672. The first-order chi connectivity index (χ1) is 9.09. The fourth-order valence-corrected chi connectivity index (χ4v) is 1.40. The molecule has 0 spiro atoms. The van der Waals surface area contributed by atoms with Crippen molar-refractivity contribution in [3.63, 3.8) is 0 Å². The van der Waals surface area contributed by atoms with Crippen molar-refractivity contribution >= 4 is 12.2 Å². The summed E-state index contributed by atoms with van der Waals surface area (Å²) in [5.74, 6) is -1.52. The number of nitrogens with zero attached hydrogens (tertiary/aromatic N) is 4. The van der Waals surface area contributed by atoms with Crippen LogP contribution in [0.15, 0.2) is 39.8 Å². The lowest BCUT2D eigenvalue weighted by atomic mass is 10.3. The lowest BCUT2D eigenvalue weighted by Gasteiger charge is -2.00. The summed E-state index contributed by atoms with van der Waals surface area (Å²) < 4.78 is 5.66. The summed E-state index contributed by atoms with van der Waals surface area (Å²) in [5.41, 5.74) is 0.320. The summed E-state index contributed by atoms with van der Waals surface area (Å²) in [7, 11) is 3.43. The SMILES string of the molecule is CN(C)C=NC(=O)c1c([O-])on[n+]1-c1ccccc1. The average Bonchev–Trinajstić information content (AvgIpc) is 2.79. The van der Waals surface area contributed by atoms with Gasteiger partial charge in [0.15, 0.2) is 5.95 Å². The van der Waals surface area contributed by atoms with Gasteiger partial charge in [0.2, 0.25) is 5.69 Å². The number of benzene rings is 1. The third-order valence-corrected chi connectivity index (χ3v) is 2.22. The highest BCUT2D eigenvalue weighted by Gasteiger charge is 2.26. The minimum atomic E-state index is -0.815. The van der Waals surface area contributed by atoms with E-state index in [2.05, 4.69) is 14.8 Å². The van der Waals surface area contributed by atoms with Gasteiger partial charge in [-0.25, -0.2) is 0 Å². The number of hydrogen-bond acceptors (Lipinski definition) is 4. The van der Waals surface area contributed by atoms with Crippen LogP contribution in [0.1, 0.15) is 10.5 Å². The Balaban J connectivity index is 2.41. The van der Waals surface area contributed by atoms with Gasteiger partial charge >= 0.3 is 11.6 Å². The maximum absolute atomic E-state index is 11.9. The molecule has 0 aliphatic heterocycles. The Hall–Kier alpha value is -2.70. The highest BCUT2D eigenvalue weighted by molar-refractivity contribution is 5.97. The number of para-hydroxylation sites is 1. The summed E-state index contributed by atoms with van der Waals surface area (Å²) in [6, 6.07) is 8.74. The lowest BCUT2D eigenvalue weighted by Crippen LogP contribution is -2.38. The third-order valence-electron chi connectivity index (χ3n) is 2.22. The molecule has 2 rings (SSSR count). The van der Waals surface area contributed by atoms with Crippen molar-refractivity contribution in [3.8, 4) is 11.6 Å². The van der Waals surface area contributed by atoms with Gasteiger partial charge in [-0.15, -0.1) is 0 Å². The predicted octanol–water partition coefficient (Wildman–Crippen LogP) is -0.245. The molecule has 1 amide bonds. The molecule has 0 fully saturated rings. The van der Waals surface area contributed by atoms with Crippen molar-refractivity contribution in [3.05, 3.63) is 36.0 Å². The van der Waals surface area contributed by atoms with Crippen LogP contribution in [-0.4, -0.2) is 36.5 Å². The van der Waals surface area contributed by atoms with E-state index in [0.717, 1.165) is 4.68 Å². The minimum Gasteiger partial charge on any atom is -0.538 e. The Labute approximate surface area is 109 Å². The maximum atomic E-state index is 11.9. The molecule has 0 aliphatic carbocycles. The van der Waals surface area contributed by atoms with Crippen molar-refractivity contribution < 1.29 is 19.1 Å². The maximum Gasteiger partial charge on any atom is 0.348 e. The van der Waals surface area contributed by atoms with Gasteiger partial charge in [-0.1, -0.05) is 18.2 Å². The van der Waals surface area contributed by atoms with E-state index < -0.39 is 11.9 Å². The van der Waals surface area contributed by atoms with Crippen LogP contribution in [0.3, 0.4) is 0 Å². The smallest absolute Gasteiger partial charge is 0.348 e. The Morgan fingerprint density at radius 2 is 2.11 bits per heavy atom. The van der Waals surface area contributed by atoms with Gasteiger partial charge in [0.25, 0.3) is 0 Å². The number of rotatable bonds is 3. The van der Waals surface area contributed by atoms with Crippen molar-refractivity contribution in [2.75, 3.05) is 14.1 Å². The average molecular weight is 260 g/mol. The zero-order valence-electron chi connectivity index (χ0n) is 10.5.